The van der Waals surface area contributed by atoms with Gasteiger partial charge in [-0.1, -0.05) is 31.9 Å². The molecule has 1 aliphatic heterocycles. The van der Waals surface area contributed by atoms with Crippen molar-refractivity contribution >= 4 is 10.9 Å². The Balaban J connectivity index is 1.48. The van der Waals surface area contributed by atoms with E-state index in [4.69, 9.17) is 4.74 Å². The van der Waals surface area contributed by atoms with Gasteiger partial charge in [0.15, 0.2) is 5.82 Å². The minimum absolute atomic E-state index is 0.0258. The Morgan fingerprint density at radius 1 is 1.21 bits per heavy atom. The number of ether oxygens (including phenoxy) is 1. The molecule has 0 bridgehead atoms. The Labute approximate surface area is 194 Å². The van der Waals surface area contributed by atoms with Crippen LogP contribution in [0, 0.1) is 6.92 Å². The van der Waals surface area contributed by atoms with E-state index in [0.717, 1.165) is 73.1 Å². The van der Waals surface area contributed by atoms with Crippen LogP contribution in [0.4, 0.5) is 0 Å². The van der Waals surface area contributed by atoms with Crippen molar-refractivity contribution in [2.24, 2.45) is 0 Å². The van der Waals surface area contributed by atoms with Crippen LogP contribution in [0.2, 0.25) is 0 Å². The fraction of sp³-hybridized carbons (Fsp3) is 0.600. The highest BCUT2D eigenvalue weighted by molar-refractivity contribution is 5.79. The van der Waals surface area contributed by atoms with E-state index in [9.17, 15) is 4.79 Å². The molecule has 0 amide bonds. The van der Waals surface area contributed by atoms with Gasteiger partial charge in [-0.3, -0.25) is 9.69 Å². The number of benzene rings is 1. The smallest absolute Gasteiger partial charge is 0.252 e. The Hall–Kier alpha value is -2.58. The summed E-state index contributed by atoms with van der Waals surface area (Å²) < 4.78 is 8.04. The molecule has 1 aliphatic carbocycles. The molecule has 5 rings (SSSR count). The molecule has 8 heteroatoms. The molecule has 2 aliphatic rings. The lowest BCUT2D eigenvalue weighted by atomic mass is 10.1. The van der Waals surface area contributed by atoms with Gasteiger partial charge in [-0.25, -0.2) is 4.68 Å². The summed E-state index contributed by atoms with van der Waals surface area (Å²) in [5.74, 6) is 0.912. The molecule has 3 aromatic rings. The Bertz CT molecular complexity index is 1140. The maximum atomic E-state index is 13.0. The Morgan fingerprint density at radius 3 is 2.82 bits per heavy atom. The maximum absolute atomic E-state index is 13.0. The number of aromatic amines is 1. The summed E-state index contributed by atoms with van der Waals surface area (Å²) in [6.07, 6.45) is 7.90. The molecule has 2 atom stereocenters. The van der Waals surface area contributed by atoms with Crippen LogP contribution in [0.1, 0.15) is 80.9 Å². The molecule has 1 saturated carbocycles. The largest absolute Gasteiger partial charge is 0.377 e. The van der Waals surface area contributed by atoms with Gasteiger partial charge < -0.3 is 9.72 Å². The lowest BCUT2D eigenvalue weighted by Gasteiger charge is -2.32. The van der Waals surface area contributed by atoms with E-state index >= 15 is 0 Å². The second-order valence-corrected chi connectivity index (χ2v) is 9.62. The van der Waals surface area contributed by atoms with Crippen molar-refractivity contribution < 1.29 is 4.74 Å². The molecule has 8 nitrogen and oxygen atoms in total. The van der Waals surface area contributed by atoms with Crippen molar-refractivity contribution in [3.63, 3.8) is 0 Å². The third kappa shape index (κ3) is 4.73. The first-order valence-electron chi connectivity index (χ1n) is 12.4. The molecule has 0 radical (unpaired) electrons. The SMILES string of the molecule is CC[C@@H](c1nnnn1C1CCCC1)N(Cc1cc2ccc(C)cc2[nH]c1=O)C[C@H]1CCCO1. The van der Waals surface area contributed by atoms with Gasteiger partial charge in [-0.2, -0.15) is 0 Å². The monoisotopic (exact) mass is 450 g/mol. The zero-order valence-electron chi connectivity index (χ0n) is 19.7. The molecule has 2 aromatic heterocycles. The van der Waals surface area contributed by atoms with E-state index in [1.165, 1.54) is 12.8 Å². The summed E-state index contributed by atoms with van der Waals surface area (Å²) in [6.45, 7) is 6.32. The fourth-order valence-corrected chi connectivity index (χ4v) is 5.48. The molecule has 1 N–H and O–H groups in total. The first-order chi connectivity index (χ1) is 16.1. The predicted molar refractivity (Wildman–Crippen MR) is 127 cm³/mol. The molecule has 3 heterocycles. The molecule has 2 fully saturated rings. The predicted octanol–water partition coefficient (Wildman–Crippen LogP) is 4.07. The van der Waals surface area contributed by atoms with Gasteiger partial charge in [-0.05, 0) is 72.5 Å². The molecule has 1 aromatic carbocycles. The minimum atomic E-state index is -0.0318. The molecule has 0 unspecified atom stereocenters. The Kier molecular flexibility index (Phi) is 6.55. The van der Waals surface area contributed by atoms with Crippen molar-refractivity contribution in [1.82, 2.24) is 30.1 Å². The second kappa shape index (κ2) is 9.73. The van der Waals surface area contributed by atoms with Gasteiger partial charge in [0.25, 0.3) is 5.56 Å². The van der Waals surface area contributed by atoms with Crippen molar-refractivity contribution in [1.29, 1.82) is 0 Å². The summed E-state index contributed by atoms with van der Waals surface area (Å²) in [5, 5.41) is 14.0. The third-order valence-corrected chi connectivity index (χ3v) is 7.23. The van der Waals surface area contributed by atoms with Crippen molar-refractivity contribution in [2.45, 2.75) is 83.5 Å². The van der Waals surface area contributed by atoms with Gasteiger partial charge in [-0.15, -0.1) is 5.10 Å². The van der Waals surface area contributed by atoms with E-state index < -0.39 is 0 Å². The summed E-state index contributed by atoms with van der Waals surface area (Å²) >= 11 is 0. The molecule has 1 saturated heterocycles. The average Bonchev–Trinajstić information content (AvgIpc) is 3.57. The van der Waals surface area contributed by atoms with E-state index in [1.54, 1.807) is 0 Å². The zero-order valence-corrected chi connectivity index (χ0v) is 19.7. The summed E-state index contributed by atoms with van der Waals surface area (Å²) in [6, 6.07) is 8.61. The van der Waals surface area contributed by atoms with E-state index in [0.29, 0.717) is 12.6 Å². The van der Waals surface area contributed by atoms with Gasteiger partial charge in [0, 0.05) is 30.8 Å². The first kappa shape index (κ1) is 22.2. The third-order valence-electron chi connectivity index (χ3n) is 7.23. The van der Waals surface area contributed by atoms with Gasteiger partial charge in [0.2, 0.25) is 0 Å². The Morgan fingerprint density at radius 2 is 2.06 bits per heavy atom. The number of H-pyrrole nitrogens is 1. The molecular formula is C25H34N6O2. The van der Waals surface area contributed by atoms with Crippen molar-refractivity contribution in [3.8, 4) is 0 Å². The molecule has 33 heavy (non-hydrogen) atoms. The van der Waals surface area contributed by atoms with Crippen LogP contribution in [0.3, 0.4) is 0 Å². The number of nitrogens with one attached hydrogen (secondary N) is 1. The number of hydrogen-bond donors (Lipinski definition) is 1. The summed E-state index contributed by atoms with van der Waals surface area (Å²) in [5.41, 5.74) is 2.75. The highest BCUT2D eigenvalue weighted by Gasteiger charge is 2.31. The lowest BCUT2D eigenvalue weighted by molar-refractivity contribution is 0.0484. The second-order valence-electron chi connectivity index (χ2n) is 9.62. The highest BCUT2D eigenvalue weighted by atomic mass is 16.5. The minimum Gasteiger partial charge on any atom is -0.377 e. The number of hydrogen-bond acceptors (Lipinski definition) is 6. The number of aromatic nitrogens is 5. The van der Waals surface area contributed by atoms with Gasteiger partial charge >= 0.3 is 0 Å². The van der Waals surface area contributed by atoms with Crippen LogP contribution < -0.4 is 5.56 Å². The summed E-state index contributed by atoms with van der Waals surface area (Å²) in [7, 11) is 0. The first-order valence-corrected chi connectivity index (χ1v) is 12.4. The quantitative estimate of drug-likeness (QED) is 0.556. The molecule has 0 spiro atoms. The average molecular weight is 451 g/mol. The zero-order chi connectivity index (χ0) is 22.8. The van der Waals surface area contributed by atoms with E-state index in [2.05, 4.69) is 49.1 Å². The van der Waals surface area contributed by atoms with Crippen LogP contribution in [-0.4, -0.2) is 49.3 Å². The van der Waals surface area contributed by atoms with Crippen LogP contribution in [0.5, 0.6) is 0 Å². The number of fused-ring (bicyclic) bond motifs is 1. The maximum Gasteiger partial charge on any atom is 0.252 e. The topological polar surface area (TPSA) is 88.9 Å². The number of rotatable bonds is 8. The van der Waals surface area contributed by atoms with Crippen LogP contribution in [0.25, 0.3) is 10.9 Å². The normalized spacial score (nSPS) is 20.3. The lowest BCUT2D eigenvalue weighted by Crippen LogP contribution is -2.38. The van der Waals surface area contributed by atoms with E-state index in [1.807, 2.05) is 19.1 Å². The summed E-state index contributed by atoms with van der Waals surface area (Å²) in [4.78, 5) is 18.5. The number of aryl methyl sites for hydroxylation is 1. The standard InChI is InChI=1S/C25H34N6O2/c1-3-23(24-27-28-29-31(24)20-7-4-5-8-20)30(16-21-9-6-12-33-21)15-19-14-18-11-10-17(2)13-22(18)26-25(19)32/h10-11,13-14,20-21,23H,3-9,12,15-16H2,1-2H3,(H,26,32)/t21-,23+/m1/s1. The van der Waals surface area contributed by atoms with Crippen molar-refractivity contribution in [2.75, 3.05) is 13.2 Å². The van der Waals surface area contributed by atoms with Crippen molar-refractivity contribution in [3.05, 3.63) is 51.6 Å². The number of pyridine rings is 1. The van der Waals surface area contributed by atoms with Crippen LogP contribution >= 0.6 is 0 Å². The van der Waals surface area contributed by atoms with Gasteiger partial charge in [0.1, 0.15) is 0 Å². The number of nitrogens with zero attached hydrogens (tertiary/aromatic N) is 5. The molecular weight excluding hydrogens is 416 g/mol. The highest BCUT2D eigenvalue weighted by Crippen LogP contribution is 2.33. The van der Waals surface area contributed by atoms with E-state index in [-0.39, 0.29) is 17.7 Å². The molecule has 176 valence electrons. The van der Waals surface area contributed by atoms with Crippen LogP contribution in [-0.2, 0) is 11.3 Å². The van der Waals surface area contributed by atoms with Crippen LogP contribution in [0.15, 0.2) is 29.1 Å². The number of tetrazole rings is 1. The van der Waals surface area contributed by atoms with Gasteiger partial charge in [0.05, 0.1) is 18.2 Å². The fourth-order valence-electron chi connectivity index (χ4n) is 5.48.